The summed E-state index contributed by atoms with van der Waals surface area (Å²) in [5, 5.41) is 12.3. The monoisotopic (exact) mass is 405 g/mol. The van der Waals surface area contributed by atoms with E-state index in [1.54, 1.807) is 11.8 Å². The smallest absolute Gasteiger partial charge is 0.233 e. The number of aryl methyl sites for hydroxylation is 1. The molecule has 0 aliphatic carbocycles. The highest BCUT2D eigenvalue weighted by atomic mass is 32.2. The molecule has 0 spiro atoms. The van der Waals surface area contributed by atoms with Gasteiger partial charge in [0.05, 0.1) is 5.75 Å². The number of piperazine rings is 1. The quantitative estimate of drug-likeness (QED) is 0.771. The van der Waals surface area contributed by atoms with Crippen molar-refractivity contribution >= 4 is 45.7 Å². The minimum Gasteiger partial charge on any atom is -0.339 e. The van der Waals surface area contributed by atoms with Crippen LogP contribution in [0.2, 0.25) is 0 Å². The third kappa shape index (κ3) is 4.98. The van der Waals surface area contributed by atoms with Gasteiger partial charge in [-0.1, -0.05) is 35.2 Å². The van der Waals surface area contributed by atoms with E-state index in [0.29, 0.717) is 37.1 Å². The SMILES string of the molecule is CC(=O)N1CCN(C(=O)CSc2nnc(Nc3cccc(C)c3C)s2)CC1. The Hall–Kier alpha value is -2.13. The third-order valence-electron chi connectivity index (χ3n) is 4.65. The number of carbonyl (C=O) groups is 2. The second-order valence-corrected chi connectivity index (χ2v) is 8.62. The molecule has 0 radical (unpaired) electrons. The molecule has 7 nitrogen and oxygen atoms in total. The summed E-state index contributed by atoms with van der Waals surface area (Å²) in [5.41, 5.74) is 3.42. The van der Waals surface area contributed by atoms with Crippen LogP contribution in [0.4, 0.5) is 10.8 Å². The molecule has 144 valence electrons. The normalized spacial score (nSPS) is 14.3. The number of hydrogen-bond acceptors (Lipinski definition) is 7. The van der Waals surface area contributed by atoms with Gasteiger partial charge >= 0.3 is 0 Å². The number of rotatable bonds is 5. The van der Waals surface area contributed by atoms with Gasteiger partial charge in [0, 0.05) is 38.8 Å². The summed E-state index contributed by atoms with van der Waals surface area (Å²) >= 11 is 2.84. The molecular weight excluding hydrogens is 382 g/mol. The lowest BCUT2D eigenvalue weighted by atomic mass is 10.1. The van der Waals surface area contributed by atoms with Crippen molar-refractivity contribution in [3.05, 3.63) is 29.3 Å². The lowest BCUT2D eigenvalue weighted by molar-refractivity contribution is -0.136. The number of aromatic nitrogens is 2. The molecule has 0 atom stereocenters. The highest BCUT2D eigenvalue weighted by molar-refractivity contribution is 8.01. The molecule has 2 aromatic rings. The van der Waals surface area contributed by atoms with Gasteiger partial charge in [0.1, 0.15) is 0 Å². The molecule has 1 aliphatic rings. The summed E-state index contributed by atoms with van der Waals surface area (Å²) in [6.45, 7) is 8.10. The highest BCUT2D eigenvalue weighted by Gasteiger charge is 2.22. The van der Waals surface area contributed by atoms with Crippen molar-refractivity contribution in [2.45, 2.75) is 25.1 Å². The minimum atomic E-state index is 0.0641. The third-order valence-corrected chi connectivity index (χ3v) is 6.61. The van der Waals surface area contributed by atoms with Crippen molar-refractivity contribution in [3.8, 4) is 0 Å². The molecule has 1 aromatic carbocycles. The number of thioether (sulfide) groups is 1. The van der Waals surface area contributed by atoms with E-state index in [4.69, 9.17) is 0 Å². The van der Waals surface area contributed by atoms with E-state index < -0.39 is 0 Å². The maximum absolute atomic E-state index is 12.4. The Balaban J connectivity index is 1.50. The molecule has 27 heavy (non-hydrogen) atoms. The molecule has 2 amide bonds. The van der Waals surface area contributed by atoms with Gasteiger partial charge in [-0.15, -0.1) is 10.2 Å². The molecule has 1 aliphatic heterocycles. The van der Waals surface area contributed by atoms with Crippen molar-refractivity contribution in [2.24, 2.45) is 0 Å². The predicted molar refractivity (Wildman–Crippen MR) is 109 cm³/mol. The zero-order valence-electron chi connectivity index (χ0n) is 15.7. The lowest BCUT2D eigenvalue weighted by Gasteiger charge is -2.34. The van der Waals surface area contributed by atoms with Gasteiger partial charge in [-0.05, 0) is 31.0 Å². The maximum atomic E-state index is 12.4. The van der Waals surface area contributed by atoms with E-state index in [2.05, 4.69) is 35.4 Å². The van der Waals surface area contributed by atoms with E-state index in [-0.39, 0.29) is 11.8 Å². The molecule has 1 aromatic heterocycles. The molecule has 0 saturated carbocycles. The van der Waals surface area contributed by atoms with Crippen LogP contribution in [0.3, 0.4) is 0 Å². The number of anilines is 2. The van der Waals surface area contributed by atoms with Crippen LogP contribution >= 0.6 is 23.1 Å². The number of hydrogen-bond donors (Lipinski definition) is 1. The Labute approximate surface area is 167 Å². The number of nitrogens with one attached hydrogen (secondary N) is 1. The Morgan fingerprint density at radius 2 is 1.85 bits per heavy atom. The molecule has 1 N–H and O–H groups in total. The molecule has 0 unspecified atom stereocenters. The van der Waals surface area contributed by atoms with E-state index in [1.807, 2.05) is 17.0 Å². The first-order chi connectivity index (χ1) is 12.9. The predicted octanol–water partition coefficient (Wildman–Crippen LogP) is 2.68. The number of amides is 2. The van der Waals surface area contributed by atoms with E-state index in [0.717, 1.165) is 10.0 Å². The Bertz CT molecular complexity index is 831. The van der Waals surface area contributed by atoms with Crippen molar-refractivity contribution in [1.29, 1.82) is 0 Å². The lowest BCUT2D eigenvalue weighted by Crippen LogP contribution is -2.50. The molecule has 1 saturated heterocycles. The van der Waals surface area contributed by atoms with E-state index >= 15 is 0 Å². The molecule has 2 heterocycles. The summed E-state index contributed by atoms with van der Waals surface area (Å²) in [7, 11) is 0. The highest BCUT2D eigenvalue weighted by Crippen LogP contribution is 2.29. The first kappa shape index (κ1) is 19.6. The zero-order valence-corrected chi connectivity index (χ0v) is 17.3. The molecule has 3 rings (SSSR count). The van der Waals surface area contributed by atoms with Crippen molar-refractivity contribution < 1.29 is 9.59 Å². The summed E-state index contributed by atoms with van der Waals surface area (Å²) in [6.07, 6.45) is 0. The van der Waals surface area contributed by atoms with Crippen LogP contribution < -0.4 is 5.32 Å². The van der Waals surface area contributed by atoms with Crippen LogP contribution in [0.25, 0.3) is 0 Å². The average Bonchev–Trinajstić information content (AvgIpc) is 3.11. The van der Waals surface area contributed by atoms with Crippen LogP contribution in [0.5, 0.6) is 0 Å². The summed E-state index contributed by atoms with van der Waals surface area (Å²) < 4.78 is 0.763. The van der Waals surface area contributed by atoms with Crippen LogP contribution in [0.15, 0.2) is 22.5 Å². The Morgan fingerprint density at radius 1 is 1.15 bits per heavy atom. The first-order valence-corrected chi connectivity index (χ1v) is 10.6. The van der Waals surface area contributed by atoms with E-state index in [1.165, 1.54) is 34.2 Å². The standard InChI is InChI=1S/C18H23N5O2S2/c1-12-5-4-6-15(13(12)2)19-17-20-21-18(27-17)26-11-16(25)23-9-7-22(8-10-23)14(3)24/h4-6H,7-11H2,1-3H3,(H,19,20). The molecule has 9 heteroatoms. The van der Waals surface area contributed by atoms with Gasteiger partial charge in [0.15, 0.2) is 4.34 Å². The zero-order chi connectivity index (χ0) is 19.4. The number of nitrogens with zero attached hydrogens (tertiary/aromatic N) is 4. The van der Waals surface area contributed by atoms with Gasteiger partial charge in [0.2, 0.25) is 16.9 Å². The summed E-state index contributed by atoms with van der Waals surface area (Å²) in [5.74, 6) is 0.467. The summed E-state index contributed by atoms with van der Waals surface area (Å²) in [4.78, 5) is 27.3. The van der Waals surface area contributed by atoms with Crippen LogP contribution in [-0.2, 0) is 9.59 Å². The van der Waals surface area contributed by atoms with Crippen LogP contribution in [0.1, 0.15) is 18.1 Å². The van der Waals surface area contributed by atoms with Crippen molar-refractivity contribution in [2.75, 3.05) is 37.2 Å². The average molecular weight is 406 g/mol. The number of benzene rings is 1. The number of carbonyl (C=O) groups excluding carboxylic acids is 2. The largest absolute Gasteiger partial charge is 0.339 e. The first-order valence-electron chi connectivity index (χ1n) is 8.77. The minimum absolute atomic E-state index is 0.0641. The second-order valence-electron chi connectivity index (χ2n) is 6.42. The topological polar surface area (TPSA) is 78.4 Å². The Morgan fingerprint density at radius 3 is 2.56 bits per heavy atom. The second kappa shape index (κ2) is 8.71. The fourth-order valence-electron chi connectivity index (χ4n) is 2.81. The van der Waals surface area contributed by atoms with Crippen LogP contribution in [0, 0.1) is 13.8 Å². The van der Waals surface area contributed by atoms with Gasteiger partial charge in [-0.2, -0.15) is 0 Å². The van der Waals surface area contributed by atoms with Crippen molar-refractivity contribution in [1.82, 2.24) is 20.0 Å². The van der Waals surface area contributed by atoms with Crippen molar-refractivity contribution in [3.63, 3.8) is 0 Å². The Kier molecular flexibility index (Phi) is 6.33. The fraction of sp³-hybridized carbons (Fsp3) is 0.444. The maximum Gasteiger partial charge on any atom is 0.233 e. The van der Waals surface area contributed by atoms with Gasteiger partial charge in [0.25, 0.3) is 0 Å². The van der Waals surface area contributed by atoms with Gasteiger partial charge < -0.3 is 15.1 Å². The van der Waals surface area contributed by atoms with Crippen LogP contribution in [-0.4, -0.2) is 63.7 Å². The summed E-state index contributed by atoms with van der Waals surface area (Å²) in [6, 6.07) is 6.09. The van der Waals surface area contributed by atoms with E-state index in [9.17, 15) is 9.59 Å². The fourth-order valence-corrected chi connectivity index (χ4v) is 4.47. The van der Waals surface area contributed by atoms with Gasteiger partial charge in [-0.3, -0.25) is 9.59 Å². The molecule has 0 bridgehead atoms. The van der Waals surface area contributed by atoms with Gasteiger partial charge in [-0.25, -0.2) is 0 Å². The molecule has 1 fully saturated rings. The molecular formula is C18H23N5O2S2.